The molecule has 0 radical (unpaired) electrons. The first-order chi connectivity index (χ1) is 62.4. The first-order valence-electron chi connectivity index (χ1n) is 37.5. The molecule has 0 atom stereocenters. The summed E-state index contributed by atoms with van der Waals surface area (Å²) in [6.45, 7) is 1.26. The van der Waals surface area contributed by atoms with Crippen LogP contribution in [0.4, 0.5) is 70.2 Å². The standard InChI is InChI=1S/C57H25F16NO4.C38H30O9S2.O3S/c1-23-40(58)44(62)36(45(63)41(23)59)38-48(66)52(70)56(53(71)49(38)67)77-31-18-10-27(11-19-31)25-6-14-29(15-7-25)75-34-4-3-5-35(33(34)22-74)76-30-16-8-26(9-17-30)28-12-20-32(21-13-28)78-57-54(72)50(68)39(51(69)55(57)73)37-46(64)42(60)24(2)43(61)47(37)65;1-44-30-11-3-26(4-12-30)28-7-15-32(16-8-28)46-33-19-21-35(22-20-33)48(39,40)36-23-24-37(38(25-36)49(41,42)43)47-34-17-9-29(10-18-34)27-5-13-31(45-2)14-6-27;1-4(2)3/h3-21H,1-2H3;3-25H,1-2H3,(H,41,42,43);. The highest BCUT2D eigenvalue weighted by Crippen LogP contribution is 2.46. The van der Waals surface area contributed by atoms with E-state index in [0.29, 0.717) is 47.6 Å². The first kappa shape index (κ1) is 93.2. The molecule has 0 aliphatic rings. The SMILES string of the molecule is COc1ccc(-c2ccc(Oc3ccc(S(=O)(=O)c4ccc(Oc5ccc(-c6ccc(OC)cc6)cc5)c(S(=O)(=O)O)c4)cc3)cc2)cc1.Cc1c(F)c(F)c(-c2c(F)c(F)c(Oc3ccc(-c4ccc(Oc5cccc(Oc6ccc(-c7ccc(Oc8c(F)c(F)c(-c9c(F)c(F)c(C)c(F)c9F)c(F)c8F)cc7)cc6)c5C#N)cc4)cc3)c(F)c2F)c(F)c1F.O=S(=O)=O. The molecule has 15 aromatic rings. The molecule has 15 aromatic carbocycles. The number of ether oxygens (including phenoxy) is 8. The summed E-state index contributed by atoms with van der Waals surface area (Å²) in [6.07, 6.45) is 0. The lowest BCUT2D eigenvalue weighted by atomic mass is 9.99. The second-order valence-corrected chi connectivity index (χ2v) is 31.4. The maximum atomic E-state index is 15.1. The zero-order chi connectivity index (χ0) is 94.4. The van der Waals surface area contributed by atoms with Crippen LogP contribution in [-0.4, -0.2) is 48.2 Å². The lowest BCUT2D eigenvalue weighted by Crippen LogP contribution is -2.09. The van der Waals surface area contributed by atoms with E-state index in [4.69, 9.17) is 50.5 Å². The largest absolute Gasteiger partial charge is 0.497 e. The summed E-state index contributed by atoms with van der Waals surface area (Å²) in [5.74, 6) is -36.8. The van der Waals surface area contributed by atoms with Crippen molar-refractivity contribution in [2.75, 3.05) is 14.2 Å². The Hall–Kier alpha value is -15.5. The van der Waals surface area contributed by atoms with E-state index in [-0.39, 0.29) is 61.4 Å². The van der Waals surface area contributed by atoms with E-state index in [9.17, 15) is 61.8 Å². The van der Waals surface area contributed by atoms with E-state index in [1.54, 1.807) is 80.9 Å². The normalized spacial score (nSPS) is 11.1. The highest BCUT2D eigenvalue weighted by Gasteiger charge is 2.37. The highest BCUT2D eigenvalue weighted by molar-refractivity contribution is 7.91. The minimum absolute atomic E-state index is 0.0177. The predicted octanol–water partition coefficient (Wildman–Crippen LogP) is 25.9. The van der Waals surface area contributed by atoms with Crippen LogP contribution in [0.3, 0.4) is 0 Å². The van der Waals surface area contributed by atoms with E-state index >= 15 is 35.1 Å². The average Bonchev–Trinajstić information content (AvgIpc) is 0.743. The van der Waals surface area contributed by atoms with Gasteiger partial charge in [-0.25, -0.2) is 61.1 Å². The van der Waals surface area contributed by atoms with E-state index in [1.807, 2.05) is 66.7 Å². The van der Waals surface area contributed by atoms with Crippen molar-refractivity contribution in [1.29, 1.82) is 5.26 Å². The Kier molecular flexibility index (Phi) is 27.8. The lowest BCUT2D eigenvalue weighted by molar-refractivity contribution is 0.366. The van der Waals surface area contributed by atoms with E-state index in [0.717, 1.165) is 64.1 Å². The lowest BCUT2D eigenvalue weighted by Gasteiger charge is -2.15. The maximum Gasteiger partial charge on any atom is 0.425 e. The zero-order valence-corrected chi connectivity index (χ0v) is 69.5. The molecule has 0 aromatic heterocycles. The fourth-order valence-electron chi connectivity index (χ4n) is 12.9. The molecule has 0 amide bonds. The molecule has 0 spiro atoms. The predicted molar refractivity (Wildman–Crippen MR) is 443 cm³/mol. The molecule has 0 heterocycles. The fraction of sp³-hybridized carbons (Fsp3) is 0.0421. The third kappa shape index (κ3) is 20.0. The highest BCUT2D eigenvalue weighted by atomic mass is 32.2. The molecule has 131 heavy (non-hydrogen) atoms. The van der Waals surface area contributed by atoms with Crippen LogP contribution in [0.15, 0.2) is 269 Å². The zero-order valence-electron chi connectivity index (χ0n) is 67.0. The summed E-state index contributed by atoms with van der Waals surface area (Å²) in [5.41, 5.74) is -4.62. The smallest absolute Gasteiger partial charge is 0.425 e. The second-order valence-electron chi connectivity index (χ2n) is 27.7. The van der Waals surface area contributed by atoms with Gasteiger partial charge in [0, 0.05) is 11.1 Å². The van der Waals surface area contributed by atoms with Gasteiger partial charge in [-0.05, 0) is 210 Å². The molecule has 0 bridgehead atoms. The Balaban J connectivity index is 0.000000235. The fourth-order valence-corrected chi connectivity index (χ4v) is 14.9. The van der Waals surface area contributed by atoms with Crippen LogP contribution in [0.25, 0.3) is 66.8 Å². The summed E-state index contributed by atoms with van der Waals surface area (Å²) in [5, 5.41) is 10.1. The third-order valence-corrected chi connectivity index (χ3v) is 22.3. The summed E-state index contributed by atoms with van der Waals surface area (Å²) in [7, 11) is -8.97. The van der Waals surface area contributed by atoms with Gasteiger partial charge in [-0.3, -0.25) is 4.55 Å². The molecule has 17 nitrogen and oxygen atoms in total. The number of nitriles is 1. The Bertz CT molecular complexity index is 6980. The molecule has 0 saturated carbocycles. The maximum absolute atomic E-state index is 15.1. The Labute approximate surface area is 734 Å². The second kappa shape index (κ2) is 39.0. The van der Waals surface area contributed by atoms with Crippen LogP contribution in [0, 0.1) is 118 Å². The number of rotatable bonds is 23. The van der Waals surface area contributed by atoms with Gasteiger partial charge in [0.25, 0.3) is 10.1 Å². The molecule has 0 fully saturated rings. The Morgan fingerprint density at radius 2 is 0.504 bits per heavy atom. The minimum Gasteiger partial charge on any atom is -0.497 e. The van der Waals surface area contributed by atoms with Gasteiger partial charge in [-0.2, -0.15) is 31.2 Å². The van der Waals surface area contributed by atoms with Crippen molar-refractivity contribution in [2.45, 2.75) is 28.5 Å². The first-order valence-corrected chi connectivity index (χ1v) is 41.4. The Morgan fingerprint density at radius 3 is 0.756 bits per heavy atom. The molecule has 15 rings (SSSR count). The van der Waals surface area contributed by atoms with Crippen molar-refractivity contribution in [3.8, 4) is 153 Å². The van der Waals surface area contributed by atoms with Gasteiger partial charge in [0.15, 0.2) is 69.8 Å². The summed E-state index contributed by atoms with van der Waals surface area (Å²) in [4.78, 5) is -1.13. The monoisotopic (exact) mass is 1870 g/mol. The van der Waals surface area contributed by atoms with Crippen LogP contribution in [0.2, 0.25) is 0 Å². The number of hydrogen-bond donors (Lipinski definition) is 1. The number of halogens is 16. The van der Waals surface area contributed by atoms with Crippen molar-refractivity contribution < 1.29 is 142 Å². The van der Waals surface area contributed by atoms with Crippen molar-refractivity contribution in [2.24, 2.45) is 0 Å². The Morgan fingerprint density at radius 1 is 0.282 bits per heavy atom. The van der Waals surface area contributed by atoms with Crippen LogP contribution < -0.4 is 37.9 Å². The number of nitrogens with zero attached hydrogens (tertiary/aromatic N) is 1. The van der Waals surface area contributed by atoms with Crippen LogP contribution >= 0.6 is 0 Å². The van der Waals surface area contributed by atoms with Gasteiger partial charge in [-0.1, -0.05) is 103 Å². The van der Waals surface area contributed by atoms with Gasteiger partial charge in [0.2, 0.25) is 44.6 Å². The molecule has 0 aliphatic carbocycles. The third-order valence-electron chi connectivity index (χ3n) is 19.6. The number of benzene rings is 15. The van der Waals surface area contributed by atoms with E-state index in [2.05, 4.69) is 0 Å². The van der Waals surface area contributed by atoms with Gasteiger partial charge in [-0.15, -0.1) is 12.6 Å². The summed E-state index contributed by atoms with van der Waals surface area (Å²) in [6, 6.07) is 67.7. The molecule has 0 unspecified atom stereocenters. The number of sulfone groups is 1. The van der Waals surface area contributed by atoms with Crippen molar-refractivity contribution in [1.82, 2.24) is 0 Å². The summed E-state index contributed by atoms with van der Waals surface area (Å²) >= 11 is 0. The van der Waals surface area contributed by atoms with Crippen molar-refractivity contribution in [3.63, 3.8) is 0 Å². The average molecular weight is 1870 g/mol. The van der Waals surface area contributed by atoms with E-state index < -0.39 is 173 Å². The molecule has 36 heteroatoms. The summed E-state index contributed by atoms with van der Waals surface area (Å²) < 4.78 is 367. The quantitative estimate of drug-likeness (QED) is 0.0356. The van der Waals surface area contributed by atoms with Gasteiger partial charge >= 0.3 is 10.6 Å². The molecular formula is C95H55F16NO16S3. The minimum atomic E-state index is -4.87. The topological polar surface area (TPSA) is 237 Å². The van der Waals surface area contributed by atoms with Crippen LogP contribution in [0.5, 0.6) is 80.5 Å². The van der Waals surface area contributed by atoms with Crippen LogP contribution in [-0.2, 0) is 30.6 Å². The van der Waals surface area contributed by atoms with E-state index in [1.165, 1.54) is 97.1 Å². The van der Waals surface area contributed by atoms with Crippen LogP contribution in [0.1, 0.15) is 16.7 Å². The van der Waals surface area contributed by atoms with Gasteiger partial charge in [0.1, 0.15) is 85.5 Å². The molecule has 0 aliphatic heterocycles. The molecule has 666 valence electrons. The van der Waals surface area contributed by atoms with Gasteiger partial charge < -0.3 is 37.9 Å². The number of methoxy groups -OCH3 is 2. The van der Waals surface area contributed by atoms with Crippen molar-refractivity contribution >= 4 is 30.6 Å². The molecular weight excluding hydrogens is 1810 g/mol. The molecule has 0 saturated heterocycles. The number of hydrogen-bond acceptors (Lipinski definition) is 16. The van der Waals surface area contributed by atoms with Crippen molar-refractivity contribution in [3.05, 3.63) is 365 Å². The van der Waals surface area contributed by atoms with Gasteiger partial charge in [0.05, 0.1) is 46.3 Å². The molecule has 1 N–H and O–H groups in total.